The van der Waals surface area contributed by atoms with Crippen molar-refractivity contribution in [2.24, 2.45) is 0 Å². The number of Topliss-reactive ketones (excluding diaryl/α,β-unsaturated/α-hetero) is 1. The van der Waals surface area contributed by atoms with Crippen LogP contribution < -0.4 is 9.64 Å². The molecular weight excluding hydrogens is 627 g/mol. The maximum Gasteiger partial charge on any atom is 0.178 e. The summed E-state index contributed by atoms with van der Waals surface area (Å²) >= 11 is 0. The molecular formula is C47H43NO3. The molecule has 2 aliphatic heterocycles. The van der Waals surface area contributed by atoms with Gasteiger partial charge in [0.1, 0.15) is 5.75 Å². The van der Waals surface area contributed by atoms with E-state index in [-0.39, 0.29) is 5.78 Å². The van der Waals surface area contributed by atoms with E-state index in [4.69, 9.17) is 9.47 Å². The summed E-state index contributed by atoms with van der Waals surface area (Å²) < 4.78 is 13.3. The van der Waals surface area contributed by atoms with E-state index < -0.39 is 5.60 Å². The van der Waals surface area contributed by atoms with Gasteiger partial charge >= 0.3 is 0 Å². The molecule has 3 aliphatic carbocycles. The number of hydrogen-bond acceptors (Lipinski definition) is 4. The molecule has 4 heteroatoms. The lowest BCUT2D eigenvalue weighted by molar-refractivity contribution is -0.114. The molecule has 5 aromatic rings. The zero-order valence-electron chi connectivity index (χ0n) is 29.3. The fourth-order valence-electron chi connectivity index (χ4n) is 10.0. The molecule has 0 amide bonds. The molecule has 51 heavy (non-hydrogen) atoms. The maximum absolute atomic E-state index is 13.2. The van der Waals surface area contributed by atoms with Crippen molar-refractivity contribution in [1.29, 1.82) is 0 Å². The van der Waals surface area contributed by atoms with Crippen molar-refractivity contribution in [2.75, 3.05) is 31.2 Å². The highest BCUT2D eigenvalue weighted by Gasteiger charge is 2.45. The monoisotopic (exact) mass is 669 g/mol. The standard InChI is InChI=1S/C47H43NO3/c1-29(2)41(49)28-30-26-32-15-14-31-8-6-12-37-36-11-7-13-38(36)44-39-20-21-47(33-9-4-3-5-10-33,51-46(39)40(27-30)43(32)45(44)42(31)37)34-16-18-35(19-17-34)48-22-24-50-25-23-48/h3-6,8-10,12,16-21,26-27,36,38H,1,7,11,13-15,22-25,28H2,2H3. The number of allylic oxidation sites excluding steroid dienone is 1. The first kappa shape index (κ1) is 30.9. The molecule has 10 rings (SSSR count). The molecule has 2 fully saturated rings. The molecule has 5 aliphatic rings. The van der Waals surface area contributed by atoms with Gasteiger partial charge in [0.05, 0.1) is 13.2 Å². The minimum absolute atomic E-state index is 0.0844. The summed E-state index contributed by atoms with van der Waals surface area (Å²) in [7, 11) is 0. The van der Waals surface area contributed by atoms with Crippen LogP contribution in [0, 0.1) is 0 Å². The van der Waals surface area contributed by atoms with E-state index >= 15 is 0 Å². The van der Waals surface area contributed by atoms with Crippen molar-refractivity contribution in [3.63, 3.8) is 0 Å². The van der Waals surface area contributed by atoms with E-state index in [0.717, 1.165) is 67.0 Å². The molecule has 0 N–H and O–H groups in total. The summed E-state index contributed by atoms with van der Waals surface area (Å²) in [5.74, 6) is 2.03. The Labute approximate surface area is 300 Å². The molecule has 1 saturated carbocycles. The Morgan fingerprint density at radius 2 is 1.63 bits per heavy atom. The number of nitrogens with zero attached hydrogens (tertiary/aromatic N) is 1. The summed E-state index contributed by atoms with van der Waals surface area (Å²) in [5, 5.41) is 2.45. The molecule has 3 unspecified atom stereocenters. The third-order valence-electron chi connectivity index (χ3n) is 12.4. The second-order valence-electron chi connectivity index (χ2n) is 15.3. The third-order valence-corrected chi connectivity index (χ3v) is 12.4. The number of aryl methyl sites for hydroxylation is 2. The van der Waals surface area contributed by atoms with Crippen LogP contribution in [0.5, 0.6) is 5.75 Å². The van der Waals surface area contributed by atoms with Crippen LogP contribution >= 0.6 is 0 Å². The first-order valence-corrected chi connectivity index (χ1v) is 18.8. The number of ether oxygens (including phenoxy) is 2. The number of morpholine rings is 1. The van der Waals surface area contributed by atoms with Crippen LogP contribution in [0.15, 0.2) is 103 Å². The Kier molecular flexibility index (Phi) is 7.15. The van der Waals surface area contributed by atoms with E-state index in [1.54, 1.807) is 0 Å². The zero-order valence-corrected chi connectivity index (χ0v) is 29.3. The van der Waals surface area contributed by atoms with Crippen LogP contribution in [-0.2, 0) is 34.4 Å². The van der Waals surface area contributed by atoms with Crippen molar-refractivity contribution in [3.8, 4) is 16.9 Å². The Morgan fingerprint density at radius 1 is 0.863 bits per heavy atom. The highest BCUT2D eigenvalue weighted by Crippen LogP contribution is 2.62. The second-order valence-corrected chi connectivity index (χ2v) is 15.3. The van der Waals surface area contributed by atoms with Crippen LogP contribution in [0.2, 0.25) is 0 Å². The summed E-state index contributed by atoms with van der Waals surface area (Å²) in [5.41, 5.74) is 14.1. The molecule has 0 bridgehead atoms. The fraction of sp³-hybridized carbons (Fsp3) is 0.298. The number of carbonyl (C=O) groups is 1. The zero-order chi connectivity index (χ0) is 34.3. The van der Waals surface area contributed by atoms with Gasteiger partial charge in [-0.15, -0.1) is 0 Å². The van der Waals surface area contributed by atoms with Gasteiger partial charge in [0.15, 0.2) is 11.4 Å². The van der Waals surface area contributed by atoms with Crippen molar-refractivity contribution in [1.82, 2.24) is 0 Å². The van der Waals surface area contributed by atoms with E-state index in [1.807, 2.05) is 6.92 Å². The summed E-state index contributed by atoms with van der Waals surface area (Å²) in [6, 6.07) is 31.3. The number of benzene rings is 5. The van der Waals surface area contributed by atoms with Crippen LogP contribution in [0.4, 0.5) is 5.69 Å². The first-order valence-electron chi connectivity index (χ1n) is 18.8. The van der Waals surface area contributed by atoms with Gasteiger partial charge in [-0.1, -0.05) is 85.8 Å². The van der Waals surface area contributed by atoms with Gasteiger partial charge in [0, 0.05) is 47.3 Å². The maximum atomic E-state index is 13.2. The SMILES string of the molecule is C=C(C)C(=O)Cc1cc2c3c4c(c5c(c3c1)OC(c1ccccc1)(c1ccc(N3CCOCC3)cc1)C=C5)C1CCCC1c1cccc(c1-4)CC2. The quantitative estimate of drug-likeness (QED) is 0.169. The van der Waals surface area contributed by atoms with Gasteiger partial charge in [-0.25, -0.2) is 0 Å². The van der Waals surface area contributed by atoms with E-state index in [9.17, 15) is 4.79 Å². The number of carbonyl (C=O) groups excluding carboxylic acids is 1. The molecule has 0 spiro atoms. The Bertz CT molecular complexity index is 2280. The highest BCUT2D eigenvalue weighted by molar-refractivity contribution is 6.10. The van der Waals surface area contributed by atoms with Crippen molar-refractivity contribution in [2.45, 2.75) is 62.9 Å². The molecule has 4 nitrogen and oxygen atoms in total. The van der Waals surface area contributed by atoms with Gasteiger partial charge in [0.2, 0.25) is 0 Å². The molecule has 0 aromatic heterocycles. The molecule has 1 saturated heterocycles. The van der Waals surface area contributed by atoms with Crippen molar-refractivity contribution < 1.29 is 14.3 Å². The predicted octanol–water partition coefficient (Wildman–Crippen LogP) is 9.84. The van der Waals surface area contributed by atoms with Crippen molar-refractivity contribution in [3.05, 3.63) is 148 Å². The smallest absolute Gasteiger partial charge is 0.178 e. The lowest BCUT2D eigenvalue weighted by Crippen LogP contribution is -2.37. The van der Waals surface area contributed by atoms with Crippen LogP contribution in [0.1, 0.15) is 82.5 Å². The third kappa shape index (κ3) is 4.72. The second kappa shape index (κ2) is 11.8. The Morgan fingerprint density at radius 3 is 2.43 bits per heavy atom. The molecule has 3 atom stereocenters. The molecule has 2 heterocycles. The van der Waals surface area contributed by atoms with Gasteiger partial charge in [-0.3, -0.25) is 4.79 Å². The van der Waals surface area contributed by atoms with Crippen molar-refractivity contribution >= 4 is 28.3 Å². The first-order chi connectivity index (χ1) is 25.0. The lowest BCUT2D eigenvalue weighted by atomic mass is 9.68. The number of fused-ring (bicyclic) bond motifs is 6. The van der Waals surface area contributed by atoms with E-state index in [0.29, 0.717) is 23.8 Å². The number of ketones is 1. The van der Waals surface area contributed by atoms with Gasteiger partial charge in [-0.05, 0) is 119 Å². The average molecular weight is 670 g/mol. The number of rotatable bonds is 6. The van der Waals surface area contributed by atoms with Gasteiger partial charge in [0.25, 0.3) is 0 Å². The molecule has 0 radical (unpaired) electrons. The normalized spacial score (nSPS) is 22.6. The predicted molar refractivity (Wildman–Crippen MR) is 206 cm³/mol. The number of hydrogen-bond donors (Lipinski definition) is 0. The average Bonchev–Trinajstić information content (AvgIpc) is 3.61. The van der Waals surface area contributed by atoms with E-state index in [1.165, 1.54) is 69.3 Å². The Hall–Kier alpha value is -4.93. The van der Waals surface area contributed by atoms with Gasteiger partial charge in [-0.2, -0.15) is 0 Å². The Balaban J connectivity index is 1.24. The number of anilines is 1. The van der Waals surface area contributed by atoms with Crippen LogP contribution in [0.3, 0.4) is 0 Å². The summed E-state index contributed by atoms with van der Waals surface area (Å²) in [6.07, 6.45) is 10.7. The highest BCUT2D eigenvalue weighted by atomic mass is 16.5. The lowest BCUT2D eigenvalue weighted by Gasteiger charge is -2.41. The largest absolute Gasteiger partial charge is 0.472 e. The molecule has 5 aromatic carbocycles. The minimum Gasteiger partial charge on any atom is -0.472 e. The minimum atomic E-state index is -0.824. The fourth-order valence-corrected chi connectivity index (χ4v) is 10.0. The van der Waals surface area contributed by atoms with Gasteiger partial charge < -0.3 is 14.4 Å². The molecule has 254 valence electrons. The van der Waals surface area contributed by atoms with Crippen LogP contribution in [0.25, 0.3) is 28.0 Å². The van der Waals surface area contributed by atoms with E-state index in [2.05, 4.69) is 109 Å². The van der Waals surface area contributed by atoms with Crippen LogP contribution in [-0.4, -0.2) is 32.1 Å². The summed E-state index contributed by atoms with van der Waals surface area (Å²) in [4.78, 5) is 15.6. The topological polar surface area (TPSA) is 38.8 Å². The summed E-state index contributed by atoms with van der Waals surface area (Å²) in [6.45, 7) is 9.11.